The summed E-state index contributed by atoms with van der Waals surface area (Å²) in [5, 5.41) is 22.7. The highest BCUT2D eigenvalue weighted by molar-refractivity contribution is 5.69. The van der Waals surface area contributed by atoms with Crippen LogP contribution in [-0.2, 0) is 4.74 Å². The van der Waals surface area contributed by atoms with Gasteiger partial charge in [0.15, 0.2) is 0 Å². The minimum atomic E-state index is -0.443. The SMILES string of the molecule is CC(C)(C)OC(=O)N1C2CCCC1CC(O)C2.OC1CC2CCCC(C1)N2. The van der Waals surface area contributed by atoms with Gasteiger partial charge in [-0.2, -0.15) is 0 Å². The van der Waals surface area contributed by atoms with Crippen molar-refractivity contribution in [2.45, 2.75) is 127 Å². The second kappa shape index (κ2) is 8.66. The van der Waals surface area contributed by atoms with Gasteiger partial charge in [0.25, 0.3) is 0 Å². The summed E-state index contributed by atoms with van der Waals surface area (Å²) >= 11 is 0. The molecular formula is C21H38N2O4. The third kappa shape index (κ3) is 5.81. The Hall–Kier alpha value is -0.850. The first kappa shape index (κ1) is 20.9. The molecule has 0 saturated carbocycles. The lowest BCUT2D eigenvalue weighted by atomic mass is 9.83. The number of fused-ring (bicyclic) bond motifs is 4. The van der Waals surface area contributed by atoms with Crippen LogP contribution < -0.4 is 5.32 Å². The van der Waals surface area contributed by atoms with Crippen molar-refractivity contribution < 1.29 is 19.7 Å². The molecule has 4 unspecified atom stereocenters. The molecule has 4 saturated heterocycles. The second-order valence-corrected chi connectivity index (χ2v) is 9.87. The predicted octanol–water partition coefficient (Wildman–Crippen LogP) is 2.95. The summed E-state index contributed by atoms with van der Waals surface area (Å²) in [6.07, 6.45) is 9.94. The quantitative estimate of drug-likeness (QED) is 0.600. The smallest absolute Gasteiger partial charge is 0.410 e. The fourth-order valence-electron chi connectivity index (χ4n) is 5.20. The summed E-state index contributed by atoms with van der Waals surface area (Å²) < 4.78 is 5.45. The van der Waals surface area contributed by atoms with E-state index in [4.69, 9.17) is 4.74 Å². The van der Waals surface area contributed by atoms with Gasteiger partial charge in [-0.15, -0.1) is 0 Å². The molecule has 4 aliphatic rings. The highest BCUT2D eigenvalue weighted by Crippen LogP contribution is 2.35. The highest BCUT2D eigenvalue weighted by Gasteiger charge is 2.42. The van der Waals surface area contributed by atoms with Gasteiger partial charge in [-0.3, -0.25) is 0 Å². The molecule has 6 heteroatoms. The lowest BCUT2D eigenvalue weighted by molar-refractivity contribution is -0.0455. The van der Waals surface area contributed by atoms with Crippen molar-refractivity contribution in [1.29, 1.82) is 0 Å². The standard InChI is InChI=1S/C13H23NO3.C8H15NO/c1-13(2,3)17-12(16)14-9-5-4-6-10(14)8-11(15)7-9;10-8-4-6-2-1-3-7(5-8)9-6/h9-11,15H,4-8H2,1-3H3;6-10H,1-5H2. The normalized spacial score (nSPS) is 38.5. The van der Waals surface area contributed by atoms with Crippen molar-refractivity contribution in [3.63, 3.8) is 0 Å². The van der Waals surface area contributed by atoms with Gasteiger partial charge in [0.2, 0.25) is 0 Å². The Balaban J connectivity index is 0.000000177. The zero-order chi connectivity index (χ0) is 19.6. The van der Waals surface area contributed by atoms with E-state index in [0.29, 0.717) is 24.9 Å². The first-order valence-corrected chi connectivity index (χ1v) is 10.8. The van der Waals surface area contributed by atoms with Crippen LogP contribution in [0.1, 0.15) is 85.0 Å². The van der Waals surface area contributed by atoms with Crippen LogP contribution in [0.25, 0.3) is 0 Å². The largest absolute Gasteiger partial charge is 0.444 e. The minimum Gasteiger partial charge on any atom is -0.444 e. The first-order valence-electron chi connectivity index (χ1n) is 10.8. The number of piperidine rings is 4. The number of nitrogens with zero attached hydrogens (tertiary/aromatic N) is 1. The van der Waals surface area contributed by atoms with E-state index in [9.17, 15) is 15.0 Å². The molecule has 4 rings (SSSR count). The maximum absolute atomic E-state index is 12.2. The zero-order valence-electron chi connectivity index (χ0n) is 17.2. The molecule has 156 valence electrons. The second-order valence-electron chi connectivity index (χ2n) is 9.87. The molecule has 4 atom stereocenters. The Kier molecular flexibility index (Phi) is 6.70. The lowest BCUT2D eigenvalue weighted by Gasteiger charge is -2.47. The number of carbonyl (C=O) groups excluding carboxylic acids is 1. The van der Waals surface area contributed by atoms with Gasteiger partial charge in [0.05, 0.1) is 12.2 Å². The molecule has 0 aromatic carbocycles. The topological polar surface area (TPSA) is 82.0 Å². The summed E-state index contributed by atoms with van der Waals surface area (Å²) in [4.78, 5) is 14.0. The van der Waals surface area contributed by atoms with Crippen LogP contribution in [0.4, 0.5) is 4.79 Å². The van der Waals surface area contributed by atoms with E-state index in [-0.39, 0.29) is 30.4 Å². The third-order valence-corrected chi connectivity index (χ3v) is 6.24. The Bertz CT molecular complexity index is 477. The van der Waals surface area contributed by atoms with Crippen molar-refractivity contribution >= 4 is 6.09 Å². The molecule has 4 fully saturated rings. The molecule has 4 aliphatic heterocycles. The summed E-state index contributed by atoms with van der Waals surface area (Å²) in [7, 11) is 0. The number of ether oxygens (including phenoxy) is 1. The number of aliphatic hydroxyl groups is 2. The highest BCUT2D eigenvalue weighted by atomic mass is 16.6. The summed E-state index contributed by atoms with van der Waals surface area (Å²) in [6.45, 7) is 5.67. The van der Waals surface area contributed by atoms with Crippen molar-refractivity contribution in [2.24, 2.45) is 0 Å². The van der Waals surface area contributed by atoms with E-state index in [0.717, 1.165) is 32.1 Å². The van der Waals surface area contributed by atoms with Crippen LogP contribution in [0.2, 0.25) is 0 Å². The van der Waals surface area contributed by atoms with Gasteiger partial charge < -0.3 is 25.2 Å². The van der Waals surface area contributed by atoms with Crippen LogP contribution in [0.5, 0.6) is 0 Å². The zero-order valence-corrected chi connectivity index (χ0v) is 17.2. The average Bonchev–Trinajstić information content (AvgIpc) is 2.52. The van der Waals surface area contributed by atoms with Crippen LogP contribution in [-0.4, -0.2) is 63.2 Å². The predicted molar refractivity (Wildman–Crippen MR) is 105 cm³/mol. The van der Waals surface area contributed by atoms with E-state index in [2.05, 4.69) is 5.32 Å². The monoisotopic (exact) mass is 382 g/mol. The Labute approximate surface area is 163 Å². The molecule has 1 amide bonds. The Morgan fingerprint density at radius 2 is 1.37 bits per heavy atom. The third-order valence-electron chi connectivity index (χ3n) is 6.24. The molecule has 27 heavy (non-hydrogen) atoms. The maximum Gasteiger partial charge on any atom is 0.410 e. The van der Waals surface area contributed by atoms with Gasteiger partial charge in [-0.05, 0) is 78.6 Å². The van der Waals surface area contributed by atoms with Crippen LogP contribution in [0.3, 0.4) is 0 Å². The van der Waals surface area contributed by atoms with Gasteiger partial charge in [-0.1, -0.05) is 6.42 Å². The number of hydrogen-bond donors (Lipinski definition) is 3. The molecular weight excluding hydrogens is 344 g/mol. The van der Waals surface area contributed by atoms with Gasteiger partial charge in [-0.25, -0.2) is 4.79 Å². The molecule has 3 N–H and O–H groups in total. The average molecular weight is 383 g/mol. The summed E-state index contributed by atoms with van der Waals surface area (Å²) in [5.41, 5.74) is -0.443. The molecule has 0 radical (unpaired) electrons. The van der Waals surface area contributed by atoms with Gasteiger partial charge in [0.1, 0.15) is 5.60 Å². The number of nitrogens with one attached hydrogen (secondary N) is 1. The van der Waals surface area contributed by atoms with E-state index in [1.54, 1.807) is 0 Å². The number of aliphatic hydroxyl groups excluding tert-OH is 2. The summed E-state index contributed by atoms with van der Waals surface area (Å²) in [5.74, 6) is 0. The van der Waals surface area contributed by atoms with Crippen LogP contribution in [0.15, 0.2) is 0 Å². The molecule has 0 aliphatic carbocycles. The van der Waals surface area contributed by atoms with Crippen molar-refractivity contribution in [3.05, 3.63) is 0 Å². The fraction of sp³-hybridized carbons (Fsp3) is 0.952. The van der Waals surface area contributed by atoms with Crippen LogP contribution in [0, 0.1) is 0 Å². The first-order chi connectivity index (χ1) is 12.7. The molecule has 0 spiro atoms. The van der Waals surface area contributed by atoms with Crippen molar-refractivity contribution in [2.75, 3.05) is 0 Å². The van der Waals surface area contributed by atoms with E-state index >= 15 is 0 Å². The number of amides is 1. The molecule has 4 bridgehead atoms. The minimum absolute atomic E-state index is 0.0171. The van der Waals surface area contributed by atoms with Crippen molar-refractivity contribution in [3.8, 4) is 0 Å². The molecule has 4 heterocycles. The summed E-state index contributed by atoms with van der Waals surface area (Å²) in [6, 6.07) is 1.60. The Morgan fingerprint density at radius 3 is 1.89 bits per heavy atom. The molecule has 0 aromatic rings. The van der Waals surface area contributed by atoms with Gasteiger partial charge >= 0.3 is 6.09 Å². The van der Waals surface area contributed by atoms with Gasteiger partial charge in [0, 0.05) is 24.2 Å². The maximum atomic E-state index is 12.2. The van der Waals surface area contributed by atoms with Crippen molar-refractivity contribution in [1.82, 2.24) is 10.2 Å². The number of carbonyl (C=O) groups is 1. The molecule has 0 aromatic heterocycles. The van der Waals surface area contributed by atoms with E-state index in [1.165, 1.54) is 19.3 Å². The molecule has 6 nitrogen and oxygen atoms in total. The lowest BCUT2D eigenvalue weighted by Crippen LogP contribution is -2.56. The number of hydrogen-bond acceptors (Lipinski definition) is 5. The number of rotatable bonds is 0. The Morgan fingerprint density at radius 1 is 0.889 bits per heavy atom. The van der Waals surface area contributed by atoms with E-state index in [1.807, 2.05) is 25.7 Å². The fourth-order valence-corrected chi connectivity index (χ4v) is 5.20. The van der Waals surface area contributed by atoms with E-state index < -0.39 is 5.60 Å². The van der Waals surface area contributed by atoms with Crippen LogP contribution >= 0.6 is 0 Å².